The summed E-state index contributed by atoms with van der Waals surface area (Å²) in [5, 5.41) is 0. The average Bonchev–Trinajstić information content (AvgIpc) is 1.94. The molecule has 0 aromatic rings. The smallest absolute Gasteiger partial charge is 0.422 e. The molecule has 0 aromatic heterocycles. The molecule has 0 aliphatic heterocycles. The topological polar surface area (TPSA) is 26.3 Å². The van der Waals surface area contributed by atoms with Gasteiger partial charge in [-0.15, -0.1) is 0 Å². The molecular weight excluding hydrogens is 287 g/mol. The van der Waals surface area contributed by atoms with Crippen molar-refractivity contribution in [3.63, 3.8) is 0 Å². The summed E-state index contributed by atoms with van der Waals surface area (Å²) >= 11 is 0. The van der Waals surface area contributed by atoms with E-state index in [0.29, 0.717) is 0 Å². The molecule has 0 fully saturated rings. The van der Waals surface area contributed by atoms with Gasteiger partial charge in [0.2, 0.25) is 0 Å². The van der Waals surface area contributed by atoms with Crippen molar-refractivity contribution in [1.82, 2.24) is 0 Å². The highest BCUT2D eigenvalue weighted by atomic mass is 19.4. The van der Waals surface area contributed by atoms with Gasteiger partial charge >= 0.3 is 29.9 Å². The van der Waals surface area contributed by atoms with Crippen LogP contribution in [0.3, 0.4) is 0 Å². The van der Waals surface area contributed by atoms with Gasteiger partial charge in [0.15, 0.2) is 0 Å². The molecule has 0 amide bonds. The summed E-state index contributed by atoms with van der Waals surface area (Å²) in [6.07, 6.45) is -20.8. The van der Waals surface area contributed by atoms with Gasteiger partial charge in [-0.05, 0) is 6.92 Å². The Morgan fingerprint density at radius 2 is 1.11 bits per heavy atom. The molecule has 0 heterocycles. The second-order valence-electron chi connectivity index (χ2n) is 2.96. The van der Waals surface area contributed by atoms with Crippen LogP contribution in [0.25, 0.3) is 0 Å². The lowest BCUT2D eigenvalue weighted by Crippen LogP contribution is -2.64. The van der Waals surface area contributed by atoms with E-state index in [2.05, 4.69) is 4.74 Å². The van der Waals surface area contributed by atoms with Crippen LogP contribution in [0.1, 0.15) is 6.92 Å². The van der Waals surface area contributed by atoms with Crippen molar-refractivity contribution in [1.29, 1.82) is 0 Å². The van der Waals surface area contributed by atoms with Crippen LogP contribution in [0, 0.1) is 5.41 Å². The van der Waals surface area contributed by atoms with Crippen LogP contribution in [0.4, 0.5) is 39.5 Å². The molecule has 0 aromatic carbocycles. The van der Waals surface area contributed by atoms with Gasteiger partial charge in [0, 0.05) is 0 Å². The molecule has 0 saturated carbocycles. The van der Waals surface area contributed by atoms with Crippen molar-refractivity contribution >= 4 is 5.97 Å². The molecule has 18 heavy (non-hydrogen) atoms. The van der Waals surface area contributed by atoms with E-state index < -0.39 is 36.5 Å². The summed E-state index contributed by atoms with van der Waals surface area (Å²) in [5.41, 5.74) is -6.54. The summed E-state index contributed by atoms with van der Waals surface area (Å²) in [6, 6.07) is 0. The molecule has 0 radical (unpaired) electrons. The van der Waals surface area contributed by atoms with E-state index >= 15 is 0 Å². The van der Waals surface area contributed by atoms with E-state index in [-0.39, 0.29) is 0 Å². The quantitative estimate of drug-likeness (QED) is 0.577. The van der Waals surface area contributed by atoms with Crippen molar-refractivity contribution in [2.75, 3.05) is 6.61 Å². The van der Waals surface area contributed by atoms with E-state index in [0.717, 1.165) is 6.92 Å². The number of carbonyl (C=O) groups excluding carboxylic acids is 1. The summed E-state index contributed by atoms with van der Waals surface area (Å²) in [7, 11) is 0. The third kappa shape index (κ3) is 2.34. The van der Waals surface area contributed by atoms with Crippen LogP contribution in [-0.4, -0.2) is 31.1 Å². The fourth-order valence-corrected chi connectivity index (χ4v) is 1.07. The zero-order valence-electron chi connectivity index (χ0n) is 8.43. The largest absolute Gasteiger partial charge is 0.465 e. The van der Waals surface area contributed by atoms with Crippen molar-refractivity contribution in [2.45, 2.75) is 25.5 Å². The van der Waals surface area contributed by atoms with Crippen molar-refractivity contribution < 1.29 is 49.0 Å². The third-order valence-corrected chi connectivity index (χ3v) is 1.86. The molecule has 0 aliphatic carbocycles. The zero-order chi connectivity index (χ0) is 15.0. The van der Waals surface area contributed by atoms with Gasteiger partial charge in [0.25, 0.3) is 0 Å². The lowest BCUT2D eigenvalue weighted by Gasteiger charge is -2.35. The molecule has 108 valence electrons. The van der Waals surface area contributed by atoms with Gasteiger partial charge in [0.1, 0.15) is 0 Å². The lowest BCUT2D eigenvalue weighted by atomic mass is 9.85. The van der Waals surface area contributed by atoms with Crippen LogP contribution in [-0.2, 0) is 9.53 Å². The van der Waals surface area contributed by atoms with Gasteiger partial charge in [-0.3, -0.25) is 4.79 Å². The van der Waals surface area contributed by atoms with E-state index in [4.69, 9.17) is 0 Å². The van der Waals surface area contributed by atoms with Gasteiger partial charge in [-0.2, -0.15) is 39.5 Å². The first-order valence-electron chi connectivity index (χ1n) is 4.10. The summed E-state index contributed by atoms with van der Waals surface area (Å²) < 4.78 is 113. The first kappa shape index (κ1) is 16.8. The number of halogens is 9. The highest BCUT2D eigenvalue weighted by Crippen LogP contribution is 2.59. The first-order chi connectivity index (χ1) is 7.73. The van der Waals surface area contributed by atoms with Crippen molar-refractivity contribution in [3.05, 3.63) is 0 Å². The van der Waals surface area contributed by atoms with Crippen molar-refractivity contribution in [2.24, 2.45) is 5.41 Å². The summed E-state index contributed by atoms with van der Waals surface area (Å²) in [5.74, 6) is -3.45. The maximum absolute atomic E-state index is 12.2. The standard InChI is InChI=1S/C7H5F9O2/c1-2-18-3(17)4(5(8,9)10,6(11,12)13)7(14,15)16/h2H2,1H3. The minimum atomic E-state index is -6.92. The second kappa shape index (κ2) is 4.50. The fourth-order valence-electron chi connectivity index (χ4n) is 1.07. The highest BCUT2D eigenvalue weighted by molar-refractivity contribution is 5.80. The summed E-state index contributed by atoms with van der Waals surface area (Å²) in [4.78, 5) is 10.6. The minimum Gasteiger partial charge on any atom is -0.465 e. The summed E-state index contributed by atoms with van der Waals surface area (Å²) in [6.45, 7) is -0.297. The SMILES string of the molecule is CCOC(=O)C(C(F)(F)F)(C(F)(F)F)C(F)(F)F. The van der Waals surface area contributed by atoms with E-state index in [1.807, 2.05) is 0 Å². The van der Waals surface area contributed by atoms with Gasteiger partial charge < -0.3 is 4.74 Å². The van der Waals surface area contributed by atoms with Gasteiger partial charge in [-0.25, -0.2) is 0 Å². The molecule has 0 rings (SSSR count). The van der Waals surface area contributed by atoms with Crippen LogP contribution >= 0.6 is 0 Å². The number of hydrogen-bond acceptors (Lipinski definition) is 2. The molecule has 2 nitrogen and oxygen atoms in total. The molecule has 0 bridgehead atoms. The Hall–Kier alpha value is -1.16. The number of alkyl halides is 9. The van der Waals surface area contributed by atoms with E-state index in [1.54, 1.807) is 0 Å². The fraction of sp³-hybridized carbons (Fsp3) is 0.857. The monoisotopic (exact) mass is 292 g/mol. The average molecular weight is 292 g/mol. The number of ether oxygens (including phenoxy) is 1. The Labute approximate surface area is 93.7 Å². The number of esters is 1. The number of carbonyl (C=O) groups is 1. The Kier molecular flexibility index (Phi) is 4.21. The molecule has 0 spiro atoms. The molecule has 11 heteroatoms. The molecule has 0 aliphatic rings. The molecule has 0 saturated heterocycles. The minimum absolute atomic E-state index is 0.770. The normalized spacial score (nSPS) is 14.6. The van der Waals surface area contributed by atoms with Crippen LogP contribution in [0.15, 0.2) is 0 Å². The predicted molar refractivity (Wildman–Crippen MR) is 37.2 cm³/mol. The zero-order valence-corrected chi connectivity index (χ0v) is 8.43. The van der Waals surface area contributed by atoms with Crippen LogP contribution < -0.4 is 0 Å². The third-order valence-electron chi connectivity index (χ3n) is 1.86. The molecule has 0 N–H and O–H groups in total. The molecule has 0 atom stereocenters. The number of hydrogen-bond donors (Lipinski definition) is 0. The Balaban J connectivity index is 6.18. The van der Waals surface area contributed by atoms with Gasteiger partial charge in [0.05, 0.1) is 6.61 Å². The Morgan fingerprint density at radius 3 is 1.28 bits per heavy atom. The Morgan fingerprint density at radius 1 is 0.833 bits per heavy atom. The maximum atomic E-state index is 12.2. The van der Waals surface area contributed by atoms with Crippen LogP contribution in [0.5, 0.6) is 0 Å². The lowest BCUT2D eigenvalue weighted by molar-refractivity contribution is -0.412. The van der Waals surface area contributed by atoms with Gasteiger partial charge in [-0.1, -0.05) is 0 Å². The molecular formula is C7H5F9O2. The van der Waals surface area contributed by atoms with E-state index in [9.17, 15) is 44.3 Å². The van der Waals surface area contributed by atoms with Crippen LogP contribution in [0.2, 0.25) is 0 Å². The van der Waals surface area contributed by atoms with E-state index in [1.165, 1.54) is 0 Å². The first-order valence-corrected chi connectivity index (χ1v) is 4.10. The maximum Gasteiger partial charge on any atom is 0.422 e. The second-order valence-corrected chi connectivity index (χ2v) is 2.96. The number of rotatable bonds is 2. The molecule has 0 unspecified atom stereocenters. The predicted octanol–water partition coefficient (Wildman–Crippen LogP) is 3.22. The highest BCUT2D eigenvalue weighted by Gasteiger charge is 2.89. The van der Waals surface area contributed by atoms with Crippen molar-refractivity contribution in [3.8, 4) is 0 Å². The Bertz CT molecular complexity index is 274.